The van der Waals surface area contributed by atoms with Crippen molar-refractivity contribution in [3.63, 3.8) is 0 Å². The summed E-state index contributed by atoms with van der Waals surface area (Å²) in [6, 6.07) is 37.3. The molecule has 0 fully saturated rings. The molecule has 70 heavy (non-hydrogen) atoms. The van der Waals surface area contributed by atoms with Crippen LogP contribution in [0.15, 0.2) is 176 Å². The second-order valence-electron chi connectivity index (χ2n) is 15.0. The molecule has 0 radical (unpaired) electrons. The Morgan fingerprint density at radius 2 is 0.900 bits per heavy atom. The van der Waals surface area contributed by atoms with Gasteiger partial charge in [0, 0.05) is 31.2 Å². The van der Waals surface area contributed by atoms with Crippen LogP contribution in [0, 0.1) is 11.6 Å². The van der Waals surface area contributed by atoms with E-state index in [2.05, 4.69) is 52.7 Å². The molecule has 0 spiro atoms. The van der Waals surface area contributed by atoms with Crippen LogP contribution >= 0.6 is 40.1 Å². The molecule has 0 saturated heterocycles. The van der Waals surface area contributed by atoms with Gasteiger partial charge in [0.05, 0.1) is 32.6 Å². The average molecular weight is 1140 g/mol. The Labute approximate surface area is 415 Å². The van der Waals surface area contributed by atoms with Crippen molar-refractivity contribution in [1.82, 2.24) is 30.2 Å². The van der Waals surface area contributed by atoms with Crippen molar-refractivity contribution in [1.29, 1.82) is 0 Å². The van der Waals surface area contributed by atoms with E-state index in [-0.39, 0.29) is 55.1 Å². The molecular weight excluding hydrogens is 1100 g/mol. The van der Waals surface area contributed by atoms with Gasteiger partial charge in [-0.3, -0.25) is 23.2 Å². The number of carbonyl (C=O) groups excluding carboxylic acids is 2. The zero-order valence-electron chi connectivity index (χ0n) is 35.6. The van der Waals surface area contributed by atoms with E-state index in [1.807, 2.05) is 0 Å². The summed E-state index contributed by atoms with van der Waals surface area (Å²) < 4.78 is 108. The number of halogens is 4. The van der Waals surface area contributed by atoms with E-state index in [0.717, 1.165) is 0 Å². The van der Waals surface area contributed by atoms with Crippen LogP contribution in [0.2, 0.25) is 0 Å². The number of amides is 2. The average Bonchev–Trinajstić information content (AvgIpc) is 3.98. The molecule has 2 atom stereocenters. The van der Waals surface area contributed by atoms with E-state index < -0.39 is 64.2 Å². The Morgan fingerprint density at radius 3 is 1.23 bits per heavy atom. The summed E-state index contributed by atoms with van der Waals surface area (Å²) in [5, 5.41) is 24.8. The number of hydrogen-bond acceptors (Lipinski definition) is 11. The molecule has 2 unspecified atom stereocenters. The number of carbonyl (C=O) groups is 2. The highest BCUT2D eigenvalue weighted by Gasteiger charge is 2.28. The number of aromatic nitrogens is 4. The molecule has 358 valence electrons. The number of nitrogens with two attached hydrogens (primary N) is 2. The lowest BCUT2D eigenvalue weighted by molar-refractivity contribution is 0.0688. The fourth-order valence-corrected chi connectivity index (χ4v) is 9.29. The molecule has 2 heterocycles. The molecule has 8 aromatic rings. The van der Waals surface area contributed by atoms with Crippen LogP contribution < -0.4 is 20.9 Å². The summed E-state index contributed by atoms with van der Waals surface area (Å²) in [6.07, 6.45) is -2.99. The van der Waals surface area contributed by atoms with Crippen molar-refractivity contribution in [2.24, 2.45) is 10.3 Å². The van der Waals surface area contributed by atoms with Gasteiger partial charge >= 0.3 is 8.25 Å². The Bertz CT molecular complexity index is 3280. The zero-order valence-corrected chi connectivity index (χ0v) is 41.4. The highest BCUT2D eigenvalue weighted by molar-refractivity contribution is 9.10. The fourth-order valence-electron chi connectivity index (χ4n) is 6.90. The molecular formula is C46H35Br2F2N8O9PS2. The number of hydrogen-bond donors (Lipinski definition) is 4. The van der Waals surface area contributed by atoms with Crippen LogP contribution in [0.4, 0.5) is 8.78 Å². The van der Waals surface area contributed by atoms with Crippen molar-refractivity contribution in [3.05, 3.63) is 201 Å². The number of sulfonamides is 2. The van der Waals surface area contributed by atoms with E-state index >= 15 is 8.78 Å². The molecule has 6 N–H and O–H groups in total. The van der Waals surface area contributed by atoms with E-state index in [0.29, 0.717) is 20.1 Å². The molecule has 2 aromatic heterocycles. The SMILES string of the molecule is NS(=O)(=O)c1ccc(-n2nc(C(=O)NC(O[PH](=O)OC(NC(=O)c3cc(-c4ccccc4F)n(-c4ccc(S(N)(=O)=O)cc4)n3)c3ccc(Br)cc3)c3ccc(Br)cc3)cc2-c2ccccc2F)cc1. The van der Waals surface area contributed by atoms with Gasteiger partial charge in [-0.05, 0) is 109 Å². The summed E-state index contributed by atoms with van der Waals surface area (Å²) in [5.74, 6) is -3.05. The third kappa shape index (κ3) is 11.6. The van der Waals surface area contributed by atoms with Gasteiger partial charge in [-0.1, -0.05) is 80.4 Å². The van der Waals surface area contributed by atoms with Gasteiger partial charge in [0.2, 0.25) is 20.0 Å². The fraction of sp³-hybridized carbons (Fsp3) is 0.0435. The van der Waals surface area contributed by atoms with E-state index in [4.69, 9.17) is 19.3 Å². The van der Waals surface area contributed by atoms with Gasteiger partial charge in [-0.2, -0.15) is 10.2 Å². The molecule has 0 aliphatic heterocycles. The maximum atomic E-state index is 15.3. The van der Waals surface area contributed by atoms with Crippen LogP contribution in [-0.4, -0.2) is 48.2 Å². The second kappa shape index (κ2) is 20.8. The minimum atomic E-state index is -4.06. The van der Waals surface area contributed by atoms with E-state index in [1.54, 1.807) is 60.7 Å². The first-order valence-electron chi connectivity index (χ1n) is 20.3. The quantitative estimate of drug-likeness (QED) is 0.0528. The van der Waals surface area contributed by atoms with Crippen molar-refractivity contribution < 1.29 is 48.8 Å². The van der Waals surface area contributed by atoms with Crippen LogP contribution in [-0.2, 0) is 33.7 Å². The predicted molar refractivity (Wildman–Crippen MR) is 261 cm³/mol. The minimum absolute atomic E-state index is 0.0544. The van der Waals surface area contributed by atoms with E-state index in [9.17, 15) is 31.0 Å². The first kappa shape index (κ1) is 49.9. The third-order valence-corrected chi connectivity index (χ3v) is 14.1. The third-order valence-electron chi connectivity index (χ3n) is 10.3. The lowest BCUT2D eigenvalue weighted by atomic mass is 10.1. The van der Waals surface area contributed by atoms with Gasteiger partial charge in [-0.25, -0.2) is 45.3 Å². The van der Waals surface area contributed by atoms with Crippen LogP contribution in [0.5, 0.6) is 0 Å². The van der Waals surface area contributed by atoms with Crippen molar-refractivity contribution >= 4 is 72.0 Å². The maximum absolute atomic E-state index is 15.3. The normalized spacial score (nSPS) is 13.1. The molecule has 0 bridgehead atoms. The van der Waals surface area contributed by atoms with Crippen molar-refractivity contribution in [2.75, 3.05) is 0 Å². The molecule has 2 amide bonds. The summed E-state index contributed by atoms with van der Waals surface area (Å²) >= 11 is 6.75. The van der Waals surface area contributed by atoms with Crippen LogP contribution in [0.25, 0.3) is 33.9 Å². The second-order valence-corrected chi connectivity index (χ2v) is 20.9. The van der Waals surface area contributed by atoms with Gasteiger partial charge in [-0.15, -0.1) is 0 Å². The smallest absolute Gasteiger partial charge is 0.321 e. The lowest BCUT2D eigenvalue weighted by Gasteiger charge is -2.23. The Balaban J connectivity index is 1.09. The largest absolute Gasteiger partial charge is 0.323 e. The Kier molecular flexibility index (Phi) is 14.8. The summed E-state index contributed by atoms with van der Waals surface area (Å²) in [5.41, 5.74) is 0.906. The van der Waals surface area contributed by atoms with Gasteiger partial charge in [0.1, 0.15) is 11.6 Å². The predicted octanol–water partition coefficient (Wildman–Crippen LogP) is 8.47. The molecule has 0 aliphatic rings. The van der Waals surface area contributed by atoms with Gasteiger partial charge in [0.25, 0.3) is 11.8 Å². The molecule has 6 aromatic carbocycles. The van der Waals surface area contributed by atoms with Crippen molar-refractivity contribution in [3.8, 4) is 33.9 Å². The maximum Gasteiger partial charge on any atom is 0.323 e. The summed E-state index contributed by atoms with van der Waals surface area (Å²) in [4.78, 5) is 27.9. The number of rotatable bonds is 16. The highest BCUT2D eigenvalue weighted by atomic mass is 79.9. The highest BCUT2D eigenvalue weighted by Crippen LogP contribution is 2.38. The monoisotopic (exact) mass is 1130 g/mol. The van der Waals surface area contributed by atoms with Crippen molar-refractivity contribution in [2.45, 2.75) is 22.2 Å². The van der Waals surface area contributed by atoms with Crippen LogP contribution in [0.1, 0.15) is 44.6 Å². The summed E-state index contributed by atoms with van der Waals surface area (Å²) in [7, 11) is -11.9. The van der Waals surface area contributed by atoms with Gasteiger partial charge < -0.3 is 10.6 Å². The van der Waals surface area contributed by atoms with E-state index in [1.165, 1.54) is 106 Å². The molecule has 0 saturated carbocycles. The molecule has 17 nitrogen and oxygen atoms in total. The molecule has 0 aliphatic carbocycles. The Hall–Kier alpha value is -6.53. The number of nitrogens with zero attached hydrogens (tertiary/aromatic N) is 4. The standard InChI is InChI=1S/C46H35Br2F2N8O9PS2/c47-29-13-9-27(10-14-29)45(53-43(59)39-25-41(35-5-1-3-7-37(35)49)57(55-39)31-17-21-33(22-18-31)69(51,62)63)66-68(61)67-46(28-11-15-30(48)16-12-28)54-44(60)40-26-42(36-6-2-4-8-38(36)50)58(56-40)32-19-23-34(24-20-32)70(52,64)65/h1-26,45-46,68H,(H,53,59)(H,54,60)(H2,51,62,63)(H2,52,64,65). The minimum Gasteiger partial charge on any atom is -0.321 e. The number of benzene rings is 6. The summed E-state index contributed by atoms with van der Waals surface area (Å²) in [6.45, 7) is 0. The first-order chi connectivity index (χ1) is 33.3. The zero-order chi connectivity index (χ0) is 49.9. The lowest BCUT2D eigenvalue weighted by Crippen LogP contribution is -2.31. The topological polar surface area (TPSA) is 250 Å². The first-order valence-corrected chi connectivity index (χ1v) is 26.2. The molecule has 8 rings (SSSR count). The van der Waals surface area contributed by atoms with Gasteiger partial charge in [0.15, 0.2) is 23.8 Å². The number of primary sulfonamides is 2. The Morgan fingerprint density at radius 1 is 0.557 bits per heavy atom. The molecule has 24 heteroatoms. The number of nitrogens with one attached hydrogen (secondary N) is 2. The van der Waals surface area contributed by atoms with Crippen LogP contribution in [0.3, 0.4) is 0 Å².